The molecule has 0 saturated carbocycles. The van der Waals surface area contributed by atoms with E-state index in [2.05, 4.69) is 5.32 Å². The Kier molecular flexibility index (Phi) is 5.86. The number of carbonyl (C=O) groups excluding carboxylic acids is 2. The van der Waals surface area contributed by atoms with Crippen LogP contribution in [0.15, 0.2) is 42.5 Å². The van der Waals surface area contributed by atoms with E-state index in [0.29, 0.717) is 23.7 Å². The molecule has 0 aromatic heterocycles. The van der Waals surface area contributed by atoms with Crippen LogP contribution >= 0.6 is 11.6 Å². The minimum absolute atomic E-state index is 0.328. The van der Waals surface area contributed by atoms with Crippen molar-refractivity contribution in [2.45, 2.75) is 32.1 Å². The number of fused-ring (bicyclic) bond motifs is 1. The van der Waals surface area contributed by atoms with E-state index < -0.39 is 18.2 Å². The molecule has 2 atom stereocenters. The molecule has 0 fully saturated rings. The number of hydrogen-bond acceptors (Lipinski definition) is 5. The van der Waals surface area contributed by atoms with E-state index in [1.54, 1.807) is 25.3 Å². The van der Waals surface area contributed by atoms with E-state index in [4.69, 9.17) is 25.8 Å². The second-order valence-electron chi connectivity index (χ2n) is 6.21. The molecule has 0 radical (unpaired) electrons. The zero-order valence-electron chi connectivity index (χ0n) is 15.0. The van der Waals surface area contributed by atoms with Gasteiger partial charge in [0.1, 0.15) is 11.5 Å². The first-order valence-corrected chi connectivity index (χ1v) is 8.90. The fraction of sp³-hybridized carbons (Fsp3) is 0.300. The van der Waals surface area contributed by atoms with Crippen LogP contribution < -0.4 is 14.8 Å². The smallest absolute Gasteiger partial charge is 0.348 e. The number of benzene rings is 2. The number of halogens is 1. The van der Waals surface area contributed by atoms with Crippen molar-refractivity contribution >= 4 is 23.5 Å². The van der Waals surface area contributed by atoms with Crippen molar-refractivity contribution in [3.63, 3.8) is 0 Å². The average molecular weight is 390 g/mol. The van der Waals surface area contributed by atoms with E-state index in [9.17, 15) is 9.59 Å². The Bertz CT molecular complexity index is 837. The maximum atomic E-state index is 12.3. The fourth-order valence-electron chi connectivity index (χ4n) is 2.73. The van der Waals surface area contributed by atoms with Gasteiger partial charge in [0.25, 0.3) is 5.91 Å². The maximum Gasteiger partial charge on any atom is 0.348 e. The molecule has 0 bridgehead atoms. The van der Waals surface area contributed by atoms with Crippen molar-refractivity contribution in [1.82, 2.24) is 5.32 Å². The Hall–Kier alpha value is -2.73. The van der Waals surface area contributed by atoms with Crippen LogP contribution in [0.25, 0.3) is 0 Å². The highest BCUT2D eigenvalue weighted by Crippen LogP contribution is 2.31. The Balaban J connectivity index is 1.48. The molecule has 6 nitrogen and oxygen atoms in total. The third-order valence-corrected chi connectivity index (χ3v) is 4.48. The molecule has 1 aliphatic heterocycles. The molecule has 0 saturated heterocycles. The standard InChI is InChI=1S/C20H20ClNO5/c1-12(19(23)22-11-13-3-6-16(25-2)7-4-13)26-20(24)18-10-14-9-15(21)5-8-17(14)27-18/h3-9,12,18H,10-11H2,1-2H3,(H,22,23)/t12-,18-/m1/s1. The molecular formula is C20H20ClNO5. The van der Waals surface area contributed by atoms with Crippen LogP contribution in [0, 0.1) is 0 Å². The molecule has 0 aliphatic carbocycles. The highest BCUT2D eigenvalue weighted by molar-refractivity contribution is 6.30. The van der Waals surface area contributed by atoms with Gasteiger partial charge in [0, 0.05) is 18.0 Å². The molecule has 7 heteroatoms. The van der Waals surface area contributed by atoms with E-state index in [1.807, 2.05) is 24.3 Å². The quantitative estimate of drug-likeness (QED) is 0.769. The highest BCUT2D eigenvalue weighted by Gasteiger charge is 2.32. The molecule has 27 heavy (non-hydrogen) atoms. The molecule has 0 spiro atoms. The van der Waals surface area contributed by atoms with Crippen molar-refractivity contribution in [1.29, 1.82) is 0 Å². The molecule has 1 N–H and O–H groups in total. The van der Waals surface area contributed by atoms with Crippen molar-refractivity contribution < 1.29 is 23.8 Å². The van der Waals surface area contributed by atoms with Gasteiger partial charge in [0.15, 0.2) is 12.2 Å². The minimum Gasteiger partial charge on any atom is -0.497 e. The van der Waals surface area contributed by atoms with Crippen LogP contribution in [0.1, 0.15) is 18.1 Å². The predicted octanol–water partition coefficient (Wildman–Crippen LogP) is 2.90. The Morgan fingerprint density at radius 3 is 2.70 bits per heavy atom. The number of carbonyl (C=O) groups is 2. The highest BCUT2D eigenvalue weighted by atomic mass is 35.5. The van der Waals surface area contributed by atoms with E-state index >= 15 is 0 Å². The summed E-state index contributed by atoms with van der Waals surface area (Å²) in [7, 11) is 1.59. The van der Waals surface area contributed by atoms with Crippen LogP contribution in [0.3, 0.4) is 0 Å². The number of rotatable bonds is 6. The van der Waals surface area contributed by atoms with Crippen molar-refractivity contribution in [2.24, 2.45) is 0 Å². The lowest BCUT2D eigenvalue weighted by Gasteiger charge is -2.16. The number of esters is 1. The van der Waals surface area contributed by atoms with Gasteiger partial charge in [-0.25, -0.2) is 4.79 Å². The number of amides is 1. The second-order valence-corrected chi connectivity index (χ2v) is 6.64. The molecule has 2 aromatic rings. The SMILES string of the molecule is COc1ccc(CNC(=O)[C@@H](C)OC(=O)[C@H]2Cc3cc(Cl)ccc3O2)cc1. The number of ether oxygens (including phenoxy) is 3. The zero-order chi connectivity index (χ0) is 19.4. The van der Waals surface area contributed by atoms with E-state index in [-0.39, 0.29) is 5.91 Å². The van der Waals surface area contributed by atoms with Gasteiger partial charge in [-0.2, -0.15) is 0 Å². The number of nitrogens with one attached hydrogen (secondary N) is 1. The summed E-state index contributed by atoms with van der Waals surface area (Å²) in [5.41, 5.74) is 1.76. The monoisotopic (exact) mass is 389 g/mol. The third kappa shape index (κ3) is 4.71. The zero-order valence-corrected chi connectivity index (χ0v) is 15.8. The molecule has 1 amide bonds. The average Bonchev–Trinajstić information content (AvgIpc) is 3.09. The summed E-state index contributed by atoms with van der Waals surface area (Å²) in [4.78, 5) is 24.5. The molecule has 0 unspecified atom stereocenters. The van der Waals surface area contributed by atoms with E-state index in [1.165, 1.54) is 6.92 Å². The van der Waals surface area contributed by atoms with Gasteiger partial charge in [0.2, 0.25) is 0 Å². The molecule has 142 valence electrons. The minimum atomic E-state index is -0.924. The summed E-state index contributed by atoms with van der Waals surface area (Å²) < 4.78 is 15.9. The van der Waals surface area contributed by atoms with Gasteiger partial charge >= 0.3 is 5.97 Å². The summed E-state index contributed by atoms with van der Waals surface area (Å²) in [6.45, 7) is 1.86. The van der Waals surface area contributed by atoms with Crippen LogP contribution in [0.5, 0.6) is 11.5 Å². The van der Waals surface area contributed by atoms with Crippen molar-refractivity contribution in [2.75, 3.05) is 7.11 Å². The summed E-state index contributed by atoms with van der Waals surface area (Å²) in [5.74, 6) is 0.399. The third-order valence-electron chi connectivity index (χ3n) is 4.25. The lowest BCUT2D eigenvalue weighted by atomic mass is 10.1. The van der Waals surface area contributed by atoms with E-state index in [0.717, 1.165) is 16.9 Å². The Labute approximate surface area is 162 Å². The molecule has 3 rings (SSSR count). The Morgan fingerprint density at radius 1 is 1.26 bits per heavy atom. The molecular weight excluding hydrogens is 370 g/mol. The van der Waals surface area contributed by atoms with Crippen molar-refractivity contribution in [3.05, 3.63) is 58.6 Å². The summed E-state index contributed by atoms with van der Waals surface area (Å²) in [6.07, 6.45) is -1.32. The summed E-state index contributed by atoms with van der Waals surface area (Å²) in [5, 5.41) is 3.32. The summed E-state index contributed by atoms with van der Waals surface area (Å²) >= 11 is 5.95. The van der Waals surface area contributed by atoms with Gasteiger partial charge < -0.3 is 19.5 Å². The molecule has 1 aliphatic rings. The van der Waals surface area contributed by atoms with Gasteiger partial charge in [-0.1, -0.05) is 23.7 Å². The first-order chi connectivity index (χ1) is 13.0. The maximum absolute atomic E-state index is 12.3. The first kappa shape index (κ1) is 19.0. The number of hydrogen-bond donors (Lipinski definition) is 1. The number of methoxy groups -OCH3 is 1. The van der Waals surface area contributed by atoms with Crippen LogP contribution in [0.2, 0.25) is 5.02 Å². The van der Waals surface area contributed by atoms with Crippen LogP contribution in [-0.4, -0.2) is 31.2 Å². The van der Waals surface area contributed by atoms with Crippen LogP contribution in [-0.2, 0) is 27.3 Å². The molecule has 1 heterocycles. The predicted molar refractivity (Wildman–Crippen MR) is 100.0 cm³/mol. The van der Waals surface area contributed by atoms with Crippen LogP contribution in [0.4, 0.5) is 0 Å². The summed E-state index contributed by atoms with van der Waals surface area (Å²) in [6, 6.07) is 12.5. The second kappa shape index (κ2) is 8.31. The molecule has 2 aromatic carbocycles. The fourth-order valence-corrected chi connectivity index (χ4v) is 2.92. The first-order valence-electron chi connectivity index (χ1n) is 8.52. The Morgan fingerprint density at radius 2 is 2.00 bits per heavy atom. The lowest BCUT2D eigenvalue weighted by Crippen LogP contribution is -2.39. The van der Waals surface area contributed by atoms with Gasteiger partial charge in [0.05, 0.1) is 7.11 Å². The van der Waals surface area contributed by atoms with Gasteiger partial charge in [-0.05, 0) is 48.4 Å². The van der Waals surface area contributed by atoms with Crippen molar-refractivity contribution in [3.8, 4) is 11.5 Å². The van der Waals surface area contributed by atoms with Gasteiger partial charge in [-0.3, -0.25) is 4.79 Å². The largest absolute Gasteiger partial charge is 0.497 e. The topological polar surface area (TPSA) is 73.9 Å². The lowest BCUT2D eigenvalue weighted by molar-refractivity contribution is -0.160. The van der Waals surface area contributed by atoms with Gasteiger partial charge in [-0.15, -0.1) is 0 Å². The normalized spacial score (nSPS) is 16.0.